The van der Waals surface area contributed by atoms with Crippen molar-refractivity contribution in [2.75, 3.05) is 13.1 Å². The highest BCUT2D eigenvalue weighted by molar-refractivity contribution is 5.84. The summed E-state index contributed by atoms with van der Waals surface area (Å²) >= 11 is 0. The number of carbonyl (C=O) groups excluding carboxylic acids is 1. The first-order chi connectivity index (χ1) is 9.13. The van der Waals surface area contributed by atoms with E-state index < -0.39 is 12.0 Å². The fourth-order valence-electron chi connectivity index (χ4n) is 1.67. The third-order valence-electron chi connectivity index (χ3n) is 2.63. The van der Waals surface area contributed by atoms with Gasteiger partial charge >= 0.3 is 5.97 Å². The molecule has 1 aromatic carbocycles. The van der Waals surface area contributed by atoms with Crippen LogP contribution >= 0.6 is 0 Å². The molecule has 1 aromatic rings. The molecule has 1 unspecified atom stereocenters. The molecule has 0 aliphatic carbocycles. The molecule has 0 heterocycles. The Bertz CT molecular complexity index is 406. The van der Waals surface area contributed by atoms with Crippen molar-refractivity contribution in [3.05, 3.63) is 35.9 Å². The van der Waals surface area contributed by atoms with Crippen molar-refractivity contribution >= 4 is 11.9 Å². The zero-order valence-corrected chi connectivity index (χ0v) is 11.1. The molecule has 5 nitrogen and oxygen atoms in total. The van der Waals surface area contributed by atoms with E-state index in [9.17, 15) is 9.59 Å². The number of carbonyl (C=O) groups is 2. The zero-order chi connectivity index (χ0) is 14.1. The molecule has 0 aliphatic rings. The van der Waals surface area contributed by atoms with Crippen LogP contribution in [0.5, 0.6) is 0 Å². The van der Waals surface area contributed by atoms with Crippen molar-refractivity contribution in [2.45, 2.75) is 25.8 Å². The van der Waals surface area contributed by atoms with Crippen LogP contribution in [0.15, 0.2) is 30.3 Å². The van der Waals surface area contributed by atoms with E-state index in [0.717, 1.165) is 18.5 Å². The van der Waals surface area contributed by atoms with Gasteiger partial charge in [-0.05, 0) is 18.5 Å². The molecule has 0 fully saturated rings. The molecule has 0 bridgehead atoms. The van der Waals surface area contributed by atoms with Crippen LogP contribution in [-0.4, -0.2) is 36.1 Å². The van der Waals surface area contributed by atoms with Gasteiger partial charge in [-0.3, -0.25) is 4.79 Å². The maximum atomic E-state index is 11.6. The predicted octanol–water partition coefficient (Wildman–Crippen LogP) is 0.798. The molecule has 19 heavy (non-hydrogen) atoms. The number of benzene rings is 1. The van der Waals surface area contributed by atoms with Crippen molar-refractivity contribution in [3.63, 3.8) is 0 Å². The van der Waals surface area contributed by atoms with Crippen LogP contribution in [0.1, 0.15) is 18.9 Å². The maximum absolute atomic E-state index is 11.6. The average Bonchev–Trinajstić information content (AvgIpc) is 2.39. The van der Waals surface area contributed by atoms with Gasteiger partial charge in [-0.15, -0.1) is 0 Å². The van der Waals surface area contributed by atoms with Crippen molar-refractivity contribution < 1.29 is 14.7 Å². The number of carboxylic acid groups (broad SMARTS) is 1. The van der Waals surface area contributed by atoms with Crippen molar-refractivity contribution in [1.82, 2.24) is 10.6 Å². The van der Waals surface area contributed by atoms with E-state index in [2.05, 4.69) is 10.6 Å². The highest BCUT2D eigenvalue weighted by Crippen LogP contribution is 2.03. The largest absolute Gasteiger partial charge is 0.480 e. The summed E-state index contributed by atoms with van der Waals surface area (Å²) in [5, 5.41) is 14.6. The minimum absolute atomic E-state index is 0.145. The lowest BCUT2D eigenvalue weighted by Gasteiger charge is -2.14. The number of nitrogens with one attached hydrogen (secondary N) is 2. The number of rotatable bonds is 8. The van der Waals surface area contributed by atoms with Gasteiger partial charge in [0.2, 0.25) is 5.91 Å². The summed E-state index contributed by atoms with van der Waals surface area (Å²) < 4.78 is 0. The zero-order valence-electron chi connectivity index (χ0n) is 11.1. The second-order valence-electron chi connectivity index (χ2n) is 4.32. The molecule has 0 saturated carbocycles. The lowest BCUT2D eigenvalue weighted by molar-refractivity contribution is -0.141. The van der Waals surface area contributed by atoms with Crippen LogP contribution in [0.4, 0.5) is 0 Å². The van der Waals surface area contributed by atoms with Crippen LogP contribution in [0, 0.1) is 0 Å². The smallest absolute Gasteiger partial charge is 0.326 e. The van der Waals surface area contributed by atoms with Gasteiger partial charge in [0.1, 0.15) is 6.04 Å². The van der Waals surface area contributed by atoms with E-state index in [0.29, 0.717) is 0 Å². The van der Waals surface area contributed by atoms with Gasteiger partial charge in [0, 0.05) is 6.42 Å². The Morgan fingerprint density at radius 3 is 2.53 bits per heavy atom. The van der Waals surface area contributed by atoms with Gasteiger partial charge in [-0.2, -0.15) is 0 Å². The number of carboxylic acids is 1. The molecule has 1 amide bonds. The Labute approximate surface area is 113 Å². The maximum Gasteiger partial charge on any atom is 0.326 e. The van der Waals surface area contributed by atoms with Gasteiger partial charge in [0.05, 0.1) is 6.54 Å². The molecule has 5 heteroatoms. The molecular formula is C14H20N2O3. The van der Waals surface area contributed by atoms with Crippen LogP contribution in [0.3, 0.4) is 0 Å². The second kappa shape index (κ2) is 8.26. The lowest BCUT2D eigenvalue weighted by Crippen LogP contribution is -2.45. The van der Waals surface area contributed by atoms with Crippen molar-refractivity contribution in [3.8, 4) is 0 Å². The summed E-state index contributed by atoms with van der Waals surface area (Å²) in [6.45, 7) is 2.89. The summed E-state index contributed by atoms with van der Waals surface area (Å²) in [4.78, 5) is 22.7. The Kier molecular flexibility index (Phi) is 6.60. The molecule has 0 radical (unpaired) electrons. The normalized spacial score (nSPS) is 11.8. The molecule has 1 rings (SSSR count). The molecule has 104 valence electrons. The summed E-state index contributed by atoms with van der Waals surface area (Å²) in [5.74, 6) is -1.32. The Balaban J connectivity index is 2.49. The van der Waals surface area contributed by atoms with E-state index in [1.807, 2.05) is 37.3 Å². The fourth-order valence-corrected chi connectivity index (χ4v) is 1.67. The van der Waals surface area contributed by atoms with E-state index in [4.69, 9.17) is 5.11 Å². The summed E-state index contributed by atoms with van der Waals surface area (Å²) in [6.07, 6.45) is 1.22. The SMILES string of the molecule is CCCNCC(=O)NC(Cc1ccccc1)C(=O)O. The van der Waals surface area contributed by atoms with Crippen LogP contribution in [0.2, 0.25) is 0 Å². The Hall–Kier alpha value is -1.88. The number of amides is 1. The molecule has 0 aromatic heterocycles. The van der Waals surface area contributed by atoms with Crippen molar-refractivity contribution in [2.24, 2.45) is 0 Å². The second-order valence-corrected chi connectivity index (χ2v) is 4.32. The first kappa shape index (κ1) is 15.2. The summed E-state index contributed by atoms with van der Waals surface area (Å²) in [7, 11) is 0. The van der Waals surface area contributed by atoms with Crippen LogP contribution in [0.25, 0.3) is 0 Å². The lowest BCUT2D eigenvalue weighted by atomic mass is 10.1. The quantitative estimate of drug-likeness (QED) is 0.607. The van der Waals surface area contributed by atoms with E-state index in [1.165, 1.54) is 0 Å². The minimum atomic E-state index is -1.02. The van der Waals surface area contributed by atoms with Gasteiger partial charge in [-0.1, -0.05) is 37.3 Å². The first-order valence-corrected chi connectivity index (χ1v) is 6.40. The average molecular weight is 264 g/mol. The highest BCUT2D eigenvalue weighted by Gasteiger charge is 2.19. The van der Waals surface area contributed by atoms with Crippen LogP contribution in [-0.2, 0) is 16.0 Å². The van der Waals surface area contributed by atoms with E-state index in [-0.39, 0.29) is 18.9 Å². The summed E-state index contributed by atoms with van der Waals surface area (Å²) in [6, 6.07) is 8.36. The minimum Gasteiger partial charge on any atom is -0.480 e. The molecule has 0 saturated heterocycles. The third kappa shape index (κ3) is 6.01. The van der Waals surface area contributed by atoms with Crippen molar-refractivity contribution in [1.29, 1.82) is 0 Å². The standard InChI is InChI=1S/C14H20N2O3/c1-2-8-15-10-13(17)16-12(14(18)19)9-11-6-4-3-5-7-11/h3-7,12,15H,2,8-10H2,1H3,(H,16,17)(H,18,19). The predicted molar refractivity (Wildman–Crippen MR) is 72.9 cm³/mol. The number of aliphatic carboxylic acids is 1. The molecule has 0 aliphatic heterocycles. The highest BCUT2D eigenvalue weighted by atomic mass is 16.4. The molecule has 0 spiro atoms. The third-order valence-corrected chi connectivity index (χ3v) is 2.63. The fraction of sp³-hybridized carbons (Fsp3) is 0.429. The topological polar surface area (TPSA) is 78.4 Å². The van der Waals surface area contributed by atoms with Gasteiger partial charge in [0.15, 0.2) is 0 Å². The van der Waals surface area contributed by atoms with Gasteiger partial charge < -0.3 is 15.7 Å². The summed E-state index contributed by atoms with van der Waals surface area (Å²) in [5.41, 5.74) is 0.886. The van der Waals surface area contributed by atoms with Gasteiger partial charge in [-0.25, -0.2) is 4.79 Å². The Morgan fingerprint density at radius 1 is 1.26 bits per heavy atom. The van der Waals surface area contributed by atoms with E-state index in [1.54, 1.807) is 0 Å². The number of hydrogen-bond donors (Lipinski definition) is 3. The molecular weight excluding hydrogens is 244 g/mol. The van der Waals surface area contributed by atoms with Gasteiger partial charge in [0.25, 0.3) is 0 Å². The monoisotopic (exact) mass is 264 g/mol. The Morgan fingerprint density at radius 2 is 1.95 bits per heavy atom. The molecule has 1 atom stereocenters. The molecule has 3 N–H and O–H groups in total. The number of hydrogen-bond acceptors (Lipinski definition) is 3. The first-order valence-electron chi connectivity index (χ1n) is 6.40. The van der Waals surface area contributed by atoms with Crippen LogP contribution < -0.4 is 10.6 Å². The van der Waals surface area contributed by atoms with E-state index >= 15 is 0 Å².